The number of carbonyl (C=O) groups excluding carboxylic acids is 2. The number of nitrogens with zero attached hydrogens (tertiary/aromatic N) is 1. The van der Waals surface area contributed by atoms with E-state index in [0.717, 1.165) is 11.3 Å². The molecule has 0 bridgehead atoms. The number of ether oxygens (including phenoxy) is 1. The van der Waals surface area contributed by atoms with Crippen molar-refractivity contribution in [1.29, 1.82) is 0 Å². The Kier molecular flexibility index (Phi) is 7.89. The normalized spacial score (nSPS) is 15.9. The van der Waals surface area contributed by atoms with Crippen LogP contribution in [-0.4, -0.2) is 51.0 Å². The van der Waals surface area contributed by atoms with E-state index >= 15 is 0 Å². The third-order valence-electron chi connectivity index (χ3n) is 4.65. The molecule has 3 rings (SSSR count). The highest BCUT2D eigenvalue weighted by Gasteiger charge is 2.28. The van der Waals surface area contributed by atoms with Gasteiger partial charge >= 0.3 is 6.03 Å². The van der Waals surface area contributed by atoms with Crippen LogP contribution in [0.15, 0.2) is 40.6 Å². The van der Waals surface area contributed by atoms with Crippen LogP contribution >= 0.6 is 22.9 Å². The van der Waals surface area contributed by atoms with Gasteiger partial charge in [0.2, 0.25) is 5.91 Å². The first kappa shape index (κ1) is 23.5. The number of primary amides is 1. The van der Waals surface area contributed by atoms with Crippen molar-refractivity contribution >= 4 is 44.9 Å². The molecule has 9 nitrogen and oxygen atoms in total. The summed E-state index contributed by atoms with van der Waals surface area (Å²) in [6.07, 6.45) is -0.0724. The summed E-state index contributed by atoms with van der Waals surface area (Å²) in [4.78, 5) is 24.5. The standard InChI is InChI=1S/C19H23ClN4O5S2/c20-15-4-2-1-3-14(15)16(23-19(21)26)11-17(25)22-12-13-5-6-18(30-13)31(27,28)24-7-9-29-10-8-24/h1-6,16H,7-12H2,(H,22,25)(H3,21,23,26). The van der Waals surface area contributed by atoms with Crippen LogP contribution < -0.4 is 16.4 Å². The van der Waals surface area contributed by atoms with Gasteiger partial charge in [0.05, 0.1) is 32.2 Å². The number of hydrogen-bond acceptors (Lipinski definition) is 6. The number of amides is 3. The number of hydrogen-bond donors (Lipinski definition) is 3. The van der Waals surface area contributed by atoms with E-state index in [1.54, 1.807) is 30.3 Å². The first-order valence-corrected chi connectivity index (χ1v) is 12.1. The average molecular weight is 487 g/mol. The highest BCUT2D eigenvalue weighted by molar-refractivity contribution is 7.91. The lowest BCUT2D eigenvalue weighted by atomic mass is 10.0. The fourth-order valence-electron chi connectivity index (χ4n) is 3.12. The van der Waals surface area contributed by atoms with Gasteiger partial charge in [-0.15, -0.1) is 11.3 Å². The minimum atomic E-state index is -3.57. The molecule has 0 aliphatic carbocycles. The summed E-state index contributed by atoms with van der Waals surface area (Å²) >= 11 is 7.29. The third kappa shape index (κ3) is 6.17. The Labute approximate surface area is 189 Å². The number of rotatable bonds is 8. The molecule has 4 N–H and O–H groups in total. The summed E-state index contributed by atoms with van der Waals surface area (Å²) in [5.41, 5.74) is 5.81. The van der Waals surface area contributed by atoms with E-state index in [9.17, 15) is 18.0 Å². The molecule has 1 atom stereocenters. The van der Waals surface area contributed by atoms with E-state index in [1.165, 1.54) is 10.4 Å². The molecular formula is C19H23ClN4O5S2. The molecular weight excluding hydrogens is 464 g/mol. The lowest BCUT2D eigenvalue weighted by molar-refractivity contribution is -0.121. The Morgan fingerprint density at radius 1 is 1.19 bits per heavy atom. The molecule has 168 valence electrons. The lowest BCUT2D eigenvalue weighted by Crippen LogP contribution is -2.40. The number of nitrogens with one attached hydrogen (secondary N) is 2. The molecule has 1 aromatic carbocycles. The van der Waals surface area contributed by atoms with Gasteiger partial charge in [0, 0.05) is 23.0 Å². The summed E-state index contributed by atoms with van der Waals surface area (Å²) in [6.45, 7) is 1.55. The van der Waals surface area contributed by atoms with E-state index < -0.39 is 22.1 Å². The van der Waals surface area contributed by atoms with Crippen LogP contribution in [0.3, 0.4) is 0 Å². The number of morpholine rings is 1. The molecule has 1 aromatic heterocycles. The van der Waals surface area contributed by atoms with Gasteiger partial charge in [0.25, 0.3) is 10.0 Å². The summed E-state index contributed by atoms with van der Waals surface area (Å²) in [5.74, 6) is -0.343. The second kappa shape index (κ2) is 10.4. The topological polar surface area (TPSA) is 131 Å². The van der Waals surface area contributed by atoms with E-state index in [1.807, 2.05) is 0 Å². The van der Waals surface area contributed by atoms with Gasteiger partial charge in [0.15, 0.2) is 0 Å². The van der Waals surface area contributed by atoms with Crippen LogP contribution in [0.2, 0.25) is 5.02 Å². The van der Waals surface area contributed by atoms with Crippen LogP contribution in [-0.2, 0) is 26.1 Å². The predicted molar refractivity (Wildman–Crippen MR) is 117 cm³/mol. The molecule has 1 saturated heterocycles. The number of carbonyl (C=O) groups is 2. The fourth-order valence-corrected chi connectivity index (χ4v) is 6.24. The smallest absolute Gasteiger partial charge is 0.312 e. The summed E-state index contributed by atoms with van der Waals surface area (Å²) in [7, 11) is -3.57. The van der Waals surface area contributed by atoms with Crippen molar-refractivity contribution in [3.8, 4) is 0 Å². The largest absolute Gasteiger partial charge is 0.379 e. The van der Waals surface area contributed by atoms with Crippen molar-refractivity contribution in [2.24, 2.45) is 5.73 Å². The molecule has 0 spiro atoms. The Bertz CT molecular complexity index is 1040. The van der Waals surface area contributed by atoms with E-state index in [2.05, 4.69) is 10.6 Å². The van der Waals surface area contributed by atoms with Gasteiger partial charge in [-0.2, -0.15) is 4.31 Å². The van der Waals surface area contributed by atoms with Crippen LogP contribution in [0.5, 0.6) is 0 Å². The molecule has 1 fully saturated rings. The average Bonchev–Trinajstić information content (AvgIpc) is 3.22. The number of urea groups is 1. The first-order chi connectivity index (χ1) is 14.8. The van der Waals surface area contributed by atoms with Crippen LogP contribution in [0.1, 0.15) is 22.9 Å². The first-order valence-electron chi connectivity index (χ1n) is 9.51. The SMILES string of the molecule is NC(=O)NC(CC(=O)NCc1ccc(S(=O)(=O)N2CCOCC2)s1)c1ccccc1Cl. The Balaban J connectivity index is 1.61. The molecule has 12 heteroatoms. The molecule has 1 aliphatic heterocycles. The van der Waals surface area contributed by atoms with Gasteiger partial charge in [-0.3, -0.25) is 4.79 Å². The zero-order valence-corrected chi connectivity index (χ0v) is 18.9. The van der Waals surface area contributed by atoms with Crippen LogP contribution in [0, 0.1) is 0 Å². The number of nitrogens with two attached hydrogens (primary N) is 1. The maximum absolute atomic E-state index is 12.7. The predicted octanol–water partition coefficient (Wildman–Crippen LogP) is 1.84. The van der Waals surface area contributed by atoms with Gasteiger partial charge in [-0.25, -0.2) is 13.2 Å². The number of sulfonamides is 1. The molecule has 3 amide bonds. The maximum Gasteiger partial charge on any atom is 0.312 e. The van der Waals surface area contributed by atoms with Crippen LogP contribution in [0.25, 0.3) is 0 Å². The minimum Gasteiger partial charge on any atom is -0.379 e. The molecule has 1 unspecified atom stereocenters. The second-order valence-electron chi connectivity index (χ2n) is 6.80. The molecule has 2 aromatic rings. The highest BCUT2D eigenvalue weighted by Crippen LogP contribution is 2.27. The lowest BCUT2D eigenvalue weighted by Gasteiger charge is -2.25. The van der Waals surface area contributed by atoms with Crippen LogP contribution in [0.4, 0.5) is 4.79 Å². The summed E-state index contributed by atoms with van der Waals surface area (Å²) in [5, 5.41) is 5.68. The summed E-state index contributed by atoms with van der Waals surface area (Å²) in [6, 6.07) is 8.61. The van der Waals surface area contributed by atoms with Crippen molar-refractivity contribution in [1.82, 2.24) is 14.9 Å². The second-order valence-corrected chi connectivity index (χ2v) is 10.5. The van der Waals surface area contributed by atoms with E-state index in [4.69, 9.17) is 22.1 Å². The molecule has 0 radical (unpaired) electrons. The van der Waals surface area contributed by atoms with Crippen molar-refractivity contribution in [3.05, 3.63) is 51.9 Å². The maximum atomic E-state index is 12.7. The van der Waals surface area contributed by atoms with Crippen molar-refractivity contribution < 1.29 is 22.7 Å². The minimum absolute atomic E-state index is 0.0724. The van der Waals surface area contributed by atoms with Gasteiger partial charge in [0.1, 0.15) is 4.21 Å². The molecule has 31 heavy (non-hydrogen) atoms. The van der Waals surface area contributed by atoms with Gasteiger partial charge in [-0.1, -0.05) is 29.8 Å². The fraction of sp³-hybridized carbons (Fsp3) is 0.368. The quantitative estimate of drug-likeness (QED) is 0.524. The Morgan fingerprint density at radius 3 is 2.58 bits per heavy atom. The Hall–Kier alpha value is -2.18. The van der Waals surface area contributed by atoms with Gasteiger partial charge in [-0.05, 0) is 23.8 Å². The van der Waals surface area contributed by atoms with Crippen molar-refractivity contribution in [3.63, 3.8) is 0 Å². The highest BCUT2D eigenvalue weighted by atomic mass is 35.5. The third-order valence-corrected chi connectivity index (χ3v) is 8.44. The van der Waals surface area contributed by atoms with Gasteiger partial charge < -0.3 is 21.1 Å². The number of benzene rings is 1. The van der Waals surface area contributed by atoms with E-state index in [0.29, 0.717) is 41.8 Å². The zero-order valence-electron chi connectivity index (χ0n) is 16.5. The Morgan fingerprint density at radius 2 is 1.90 bits per heavy atom. The number of thiophene rings is 1. The van der Waals surface area contributed by atoms with Crippen molar-refractivity contribution in [2.75, 3.05) is 26.3 Å². The van der Waals surface area contributed by atoms with E-state index in [-0.39, 0.29) is 23.1 Å². The number of halogens is 1. The summed E-state index contributed by atoms with van der Waals surface area (Å²) < 4.78 is 32.2. The monoisotopic (exact) mass is 486 g/mol. The molecule has 0 saturated carbocycles. The van der Waals surface area contributed by atoms with Crippen molar-refractivity contribution in [2.45, 2.75) is 23.2 Å². The molecule has 1 aliphatic rings. The zero-order chi connectivity index (χ0) is 22.4. The molecule has 2 heterocycles.